The molecule has 126 valence electrons. The third-order valence-electron chi connectivity index (χ3n) is 3.77. The lowest BCUT2D eigenvalue weighted by atomic mass is 10.1. The van der Waals surface area contributed by atoms with Crippen molar-refractivity contribution in [3.8, 4) is 0 Å². The number of nitro benzene ring substituents is 1. The number of pyridine rings is 1. The van der Waals surface area contributed by atoms with Gasteiger partial charge in [-0.05, 0) is 42.1 Å². The summed E-state index contributed by atoms with van der Waals surface area (Å²) < 4.78 is 0. The van der Waals surface area contributed by atoms with Gasteiger partial charge >= 0.3 is 0 Å². The molecule has 0 radical (unpaired) electrons. The predicted octanol–water partition coefficient (Wildman–Crippen LogP) is 3.65. The fraction of sp³-hybridized carbons (Fsp3) is 0.0588. The number of rotatable bonds is 3. The second-order valence-electron chi connectivity index (χ2n) is 5.44. The molecule has 8 heteroatoms. The van der Waals surface area contributed by atoms with Gasteiger partial charge in [0.1, 0.15) is 0 Å². The number of H-pyrrole nitrogens is 1. The molecular formula is C17H12ClN3O4. The maximum Gasteiger partial charge on any atom is 0.269 e. The van der Waals surface area contributed by atoms with Crippen LogP contribution in [0.5, 0.6) is 0 Å². The molecule has 3 aromatic rings. The van der Waals surface area contributed by atoms with Crippen LogP contribution in [0.15, 0.2) is 47.4 Å². The standard InChI is InChI=1S/C17H12ClN3O4/c1-9-6-11(21(24)25)2-3-12(9)17(23)20-15-7-10-4-5-19-16(22)13(10)8-14(15)18/h2-8H,1H3,(H,19,22)(H,20,23). The number of nitrogens with one attached hydrogen (secondary N) is 2. The molecule has 0 aliphatic carbocycles. The van der Waals surface area contributed by atoms with Crippen LogP contribution < -0.4 is 10.9 Å². The van der Waals surface area contributed by atoms with Gasteiger partial charge in [0.15, 0.2) is 0 Å². The average molecular weight is 358 g/mol. The SMILES string of the molecule is Cc1cc([N+](=O)[O-])ccc1C(=O)Nc1cc2cc[nH]c(=O)c2cc1Cl. The minimum absolute atomic E-state index is 0.0861. The number of hydrogen-bond acceptors (Lipinski definition) is 4. The summed E-state index contributed by atoms with van der Waals surface area (Å²) in [7, 11) is 0. The van der Waals surface area contributed by atoms with Crippen LogP contribution in [0.2, 0.25) is 5.02 Å². The number of benzene rings is 2. The van der Waals surface area contributed by atoms with Crippen molar-refractivity contribution < 1.29 is 9.72 Å². The molecule has 1 heterocycles. The van der Waals surface area contributed by atoms with Gasteiger partial charge in [-0.1, -0.05) is 11.6 Å². The summed E-state index contributed by atoms with van der Waals surface area (Å²) in [6.45, 7) is 1.61. The molecule has 0 saturated heterocycles. The molecule has 0 spiro atoms. The molecule has 0 fully saturated rings. The second kappa shape index (κ2) is 6.37. The lowest BCUT2D eigenvalue weighted by molar-refractivity contribution is -0.384. The van der Waals surface area contributed by atoms with Gasteiger partial charge in [0.05, 0.1) is 15.6 Å². The van der Waals surface area contributed by atoms with E-state index in [1.54, 1.807) is 19.1 Å². The fourth-order valence-electron chi connectivity index (χ4n) is 2.51. The first kappa shape index (κ1) is 16.7. The topological polar surface area (TPSA) is 105 Å². The first-order valence-electron chi connectivity index (χ1n) is 7.24. The highest BCUT2D eigenvalue weighted by molar-refractivity contribution is 6.34. The lowest BCUT2D eigenvalue weighted by Gasteiger charge is -2.10. The maximum atomic E-state index is 12.5. The Balaban J connectivity index is 1.96. The van der Waals surface area contributed by atoms with Crippen LogP contribution in [-0.2, 0) is 0 Å². The van der Waals surface area contributed by atoms with E-state index in [0.717, 1.165) is 0 Å². The van der Waals surface area contributed by atoms with Crippen LogP contribution in [0.4, 0.5) is 11.4 Å². The number of aromatic amines is 1. The van der Waals surface area contributed by atoms with Crippen molar-refractivity contribution >= 4 is 39.7 Å². The van der Waals surface area contributed by atoms with E-state index >= 15 is 0 Å². The summed E-state index contributed by atoms with van der Waals surface area (Å²) in [4.78, 5) is 37.0. The highest BCUT2D eigenvalue weighted by atomic mass is 35.5. The molecule has 0 aliphatic heterocycles. The lowest BCUT2D eigenvalue weighted by Crippen LogP contribution is -2.14. The van der Waals surface area contributed by atoms with E-state index in [1.807, 2.05) is 0 Å². The molecule has 1 aromatic heterocycles. The van der Waals surface area contributed by atoms with E-state index < -0.39 is 10.8 Å². The first-order chi connectivity index (χ1) is 11.9. The summed E-state index contributed by atoms with van der Waals surface area (Å²) in [5.74, 6) is -0.446. The number of nitrogens with zero attached hydrogens (tertiary/aromatic N) is 1. The van der Waals surface area contributed by atoms with Crippen LogP contribution >= 0.6 is 11.6 Å². The van der Waals surface area contributed by atoms with Gasteiger partial charge in [0.2, 0.25) is 0 Å². The Morgan fingerprint density at radius 1 is 1.24 bits per heavy atom. The van der Waals surface area contributed by atoms with Gasteiger partial charge in [-0.3, -0.25) is 19.7 Å². The molecule has 0 saturated carbocycles. The van der Waals surface area contributed by atoms with E-state index in [-0.39, 0.29) is 16.3 Å². The van der Waals surface area contributed by atoms with Gasteiger partial charge in [0.25, 0.3) is 17.2 Å². The zero-order chi connectivity index (χ0) is 18.1. The van der Waals surface area contributed by atoms with Gasteiger partial charge in [-0.2, -0.15) is 0 Å². The van der Waals surface area contributed by atoms with Crippen molar-refractivity contribution in [3.05, 3.63) is 79.2 Å². The van der Waals surface area contributed by atoms with Gasteiger partial charge in [-0.25, -0.2) is 0 Å². The van der Waals surface area contributed by atoms with Gasteiger partial charge in [-0.15, -0.1) is 0 Å². The van der Waals surface area contributed by atoms with Crippen LogP contribution in [-0.4, -0.2) is 15.8 Å². The van der Waals surface area contributed by atoms with Crippen molar-refractivity contribution in [1.29, 1.82) is 0 Å². The highest BCUT2D eigenvalue weighted by Crippen LogP contribution is 2.27. The minimum Gasteiger partial charge on any atom is -0.329 e. The Hall–Kier alpha value is -3.19. The normalized spacial score (nSPS) is 10.6. The second-order valence-corrected chi connectivity index (χ2v) is 5.84. The smallest absolute Gasteiger partial charge is 0.269 e. The third kappa shape index (κ3) is 3.22. The molecule has 2 N–H and O–H groups in total. The molecule has 7 nitrogen and oxygen atoms in total. The Labute approximate surface area is 146 Å². The van der Waals surface area contributed by atoms with E-state index in [1.165, 1.54) is 30.5 Å². The number of nitro groups is 1. The molecule has 2 aromatic carbocycles. The van der Waals surface area contributed by atoms with E-state index in [4.69, 9.17) is 11.6 Å². The Kier molecular flexibility index (Phi) is 4.24. The van der Waals surface area contributed by atoms with Crippen LogP contribution in [0.25, 0.3) is 10.8 Å². The van der Waals surface area contributed by atoms with Crippen LogP contribution in [0.3, 0.4) is 0 Å². The number of non-ortho nitro benzene ring substituents is 1. The van der Waals surface area contributed by atoms with Gasteiger partial charge in [0, 0.05) is 29.3 Å². The molecule has 3 rings (SSSR count). The average Bonchev–Trinajstić information content (AvgIpc) is 2.56. The van der Waals surface area contributed by atoms with Crippen LogP contribution in [0, 0.1) is 17.0 Å². The number of carbonyl (C=O) groups is 1. The third-order valence-corrected chi connectivity index (χ3v) is 4.09. The predicted molar refractivity (Wildman–Crippen MR) is 95.4 cm³/mol. The monoisotopic (exact) mass is 357 g/mol. The summed E-state index contributed by atoms with van der Waals surface area (Å²) in [5, 5.41) is 14.7. The summed E-state index contributed by atoms with van der Waals surface area (Å²) >= 11 is 6.16. The fourth-order valence-corrected chi connectivity index (χ4v) is 2.72. The molecule has 0 atom stereocenters. The van der Waals surface area contributed by atoms with Crippen molar-refractivity contribution in [3.63, 3.8) is 0 Å². The van der Waals surface area contributed by atoms with Crippen molar-refractivity contribution in [2.45, 2.75) is 6.92 Å². The Bertz CT molecular complexity index is 1080. The highest BCUT2D eigenvalue weighted by Gasteiger charge is 2.15. The molecule has 25 heavy (non-hydrogen) atoms. The largest absolute Gasteiger partial charge is 0.329 e. The number of aromatic nitrogens is 1. The molecule has 0 bridgehead atoms. The number of carbonyl (C=O) groups excluding carboxylic acids is 1. The number of aryl methyl sites for hydroxylation is 1. The van der Waals surface area contributed by atoms with Crippen molar-refractivity contribution in [2.75, 3.05) is 5.32 Å². The Morgan fingerprint density at radius 3 is 2.68 bits per heavy atom. The minimum atomic E-state index is -0.521. The van der Waals surface area contributed by atoms with Gasteiger partial charge < -0.3 is 10.3 Å². The van der Waals surface area contributed by atoms with Crippen molar-refractivity contribution in [1.82, 2.24) is 4.98 Å². The molecular weight excluding hydrogens is 346 g/mol. The number of fused-ring (bicyclic) bond motifs is 1. The molecule has 1 amide bonds. The summed E-state index contributed by atoms with van der Waals surface area (Å²) in [5.41, 5.74) is 0.760. The number of halogens is 1. The molecule has 0 aliphatic rings. The van der Waals surface area contributed by atoms with Crippen LogP contribution in [0.1, 0.15) is 15.9 Å². The number of amides is 1. The zero-order valence-corrected chi connectivity index (χ0v) is 13.8. The number of hydrogen-bond donors (Lipinski definition) is 2. The maximum absolute atomic E-state index is 12.5. The number of anilines is 1. The van der Waals surface area contributed by atoms with E-state index in [0.29, 0.717) is 27.6 Å². The molecule has 0 unspecified atom stereocenters. The van der Waals surface area contributed by atoms with Crippen molar-refractivity contribution in [2.24, 2.45) is 0 Å². The summed E-state index contributed by atoms with van der Waals surface area (Å²) in [6.07, 6.45) is 1.50. The Morgan fingerprint density at radius 2 is 2.00 bits per heavy atom. The first-order valence-corrected chi connectivity index (χ1v) is 7.62. The van der Waals surface area contributed by atoms with E-state index in [9.17, 15) is 19.7 Å². The van der Waals surface area contributed by atoms with E-state index in [2.05, 4.69) is 10.3 Å². The zero-order valence-electron chi connectivity index (χ0n) is 13.0. The summed E-state index contributed by atoms with van der Waals surface area (Å²) in [6, 6.07) is 8.77. The quantitative estimate of drug-likeness (QED) is 0.551.